The van der Waals surface area contributed by atoms with Crippen molar-refractivity contribution < 1.29 is 0 Å². The Bertz CT molecular complexity index is 307. The minimum atomic E-state index is 1.16. The maximum absolute atomic E-state index is 7.81. The molecule has 0 aliphatic carbocycles. The highest BCUT2D eigenvalue weighted by atomic mass is 14.8. The molecule has 0 atom stereocenters. The quantitative estimate of drug-likeness (QED) is 0.569. The molecule has 72 valence electrons. The molecule has 0 spiro atoms. The third-order valence-electron chi connectivity index (χ3n) is 1.37. The van der Waals surface area contributed by atoms with Gasteiger partial charge in [0.25, 0.3) is 0 Å². The molecule has 0 saturated carbocycles. The van der Waals surface area contributed by atoms with Gasteiger partial charge in [0.2, 0.25) is 0 Å². The van der Waals surface area contributed by atoms with Crippen molar-refractivity contribution in [2.45, 2.75) is 0 Å². The largest absolute Gasteiger partial charge is 0.388 e. The lowest BCUT2D eigenvalue weighted by Crippen LogP contribution is -1.84. The second kappa shape index (κ2) is 9.08. The number of hydrogen-bond donors (Lipinski definition) is 1. The van der Waals surface area contributed by atoms with Gasteiger partial charge in [0, 0.05) is 18.8 Å². The van der Waals surface area contributed by atoms with Crippen LogP contribution in [-0.4, -0.2) is 7.05 Å². The first-order valence-electron chi connectivity index (χ1n) is 4.25. The Morgan fingerprint density at radius 3 is 2.29 bits per heavy atom. The first-order valence-corrected chi connectivity index (χ1v) is 4.25. The Labute approximate surface area is 85.2 Å². The van der Waals surface area contributed by atoms with Crippen molar-refractivity contribution in [2.75, 3.05) is 12.4 Å². The maximum atomic E-state index is 7.81. The smallest absolute Gasteiger partial charge is 0.0912 e. The number of nitriles is 1. The molecule has 0 radical (unpaired) electrons. The van der Waals surface area contributed by atoms with Crippen LogP contribution in [0, 0.1) is 11.3 Å². The summed E-state index contributed by atoms with van der Waals surface area (Å²) in [6.07, 6.45) is 4.51. The van der Waals surface area contributed by atoms with Gasteiger partial charge < -0.3 is 5.32 Å². The zero-order valence-corrected chi connectivity index (χ0v) is 8.27. The van der Waals surface area contributed by atoms with Crippen LogP contribution < -0.4 is 5.32 Å². The van der Waals surface area contributed by atoms with Gasteiger partial charge in [-0.05, 0) is 12.1 Å². The van der Waals surface area contributed by atoms with Crippen molar-refractivity contribution in [3.05, 3.63) is 55.1 Å². The van der Waals surface area contributed by atoms with E-state index in [1.165, 1.54) is 6.08 Å². The van der Waals surface area contributed by atoms with E-state index in [2.05, 4.69) is 11.9 Å². The van der Waals surface area contributed by atoms with E-state index in [0.717, 1.165) is 5.69 Å². The van der Waals surface area contributed by atoms with Crippen LogP contribution in [0.15, 0.2) is 55.1 Å². The summed E-state index contributed by atoms with van der Waals surface area (Å²) in [6, 6.07) is 11.9. The molecule has 0 amide bonds. The van der Waals surface area contributed by atoms with Crippen LogP contribution in [0.5, 0.6) is 0 Å². The lowest BCUT2D eigenvalue weighted by atomic mass is 10.3. The topological polar surface area (TPSA) is 35.8 Å². The first kappa shape index (κ1) is 12.0. The van der Waals surface area contributed by atoms with Gasteiger partial charge in [0.15, 0.2) is 0 Å². The Hall–Kier alpha value is -2.01. The van der Waals surface area contributed by atoms with Gasteiger partial charge in [-0.3, -0.25) is 0 Å². The van der Waals surface area contributed by atoms with Crippen molar-refractivity contribution in [3.8, 4) is 6.07 Å². The van der Waals surface area contributed by atoms with E-state index < -0.39 is 0 Å². The van der Waals surface area contributed by atoms with E-state index in [1.54, 1.807) is 12.2 Å². The molecule has 0 aliphatic rings. The average Bonchev–Trinajstić information content (AvgIpc) is 2.28. The normalized spacial score (nSPS) is 8.29. The van der Waals surface area contributed by atoms with E-state index in [4.69, 9.17) is 5.26 Å². The third-order valence-corrected chi connectivity index (χ3v) is 1.37. The molecule has 1 aromatic rings. The van der Waals surface area contributed by atoms with Crippen molar-refractivity contribution in [1.29, 1.82) is 5.26 Å². The summed E-state index contributed by atoms with van der Waals surface area (Å²) in [5.41, 5.74) is 1.16. The Kier molecular flexibility index (Phi) is 7.78. The number of nitrogens with one attached hydrogen (secondary N) is 1. The number of hydrogen-bond acceptors (Lipinski definition) is 2. The molecule has 1 N–H and O–H groups in total. The number of rotatable bonds is 2. The molecule has 1 rings (SSSR count). The molecule has 0 unspecified atom stereocenters. The molecular formula is C12H14N2. The van der Waals surface area contributed by atoms with E-state index in [0.29, 0.717) is 0 Å². The summed E-state index contributed by atoms with van der Waals surface area (Å²) in [7, 11) is 1.91. The molecule has 0 saturated heterocycles. The van der Waals surface area contributed by atoms with Gasteiger partial charge >= 0.3 is 0 Å². The van der Waals surface area contributed by atoms with Crippen LogP contribution in [0.1, 0.15) is 0 Å². The molecule has 0 aromatic heterocycles. The van der Waals surface area contributed by atoms with Crippen molar-refractivity contribution in [1.82, 2.24) is 0 Å². The van der Waals surface area contributed by atoms with Gasteiger partial charge in [-0.2, -0.15) is 5.26 Å². The summed E-state index contributed by atoms with van der Waals surface area (Å²) >= 11 is 0. The molecule has 0 heterocycles. The molecule has 2 heteroatoms. The van der Waals surface area contributed by atoms with Crippen LogP contribution >= 0.6 is 0 Å². The number of para-hydroxylation sites is 1. The van der Waals surface area contributed by atoms with Crippen LogP contribution in [0.2, 0.25) is 0 Å². The van der Waals surface area contributed by atoms with Gasteiger partial charge in [-0.1, -0.05) is 36.9 Å². The highest BCUT2D eigenvalue weighted by molar-refractivity contribution is 5.41. The molecule has 1 aromatic carbocycles. The maximum Gasteiger partial charge on any atom is 0.0912 e. The predicted molar refractivity (Wildman–Crippen MR) is 60.9 cm³/mol. The molecule has 0 fully saturated rings. The fourth-order valence-electron chi connectivity index (χ4n) is 0.716. The summed E-state index contributed by atoms with van der Waals surface area (Å²) in [5, 5.41) is 10.8. The standard InChI is InChI=1S/C7H9N.C5H5N/c1-8-7-5-3-2-4-6-7;1-2-3-4-5-6/h2-6,8H,1H3;2-4H,1H2. The zero-order valence-electron chi connectivity index (χ0n) is 8.27. The average molecular weight is 186 g/mol. The summed E-state index contributed by atoms with van der Waals surface area (Å²) in [5.74, 6) is 0. The van der Waals surface area contributed by atoms with Crippen molar-refractivity contribution in [3.63, 3.8) is 0 Å². The number of allylic oxidation sites excluding steroid dienone is 3. The van der Waals surface area contributed by atoms with Crippen LogP contribution in [0.25, 0.3) is 0 Å². The second-order valence-electron chi connectivity index (χ2n) is 2.34. The highest BCUT2D eigenvalue weighted by Crippen LogP contribution is 2.01. The Balaban J connectivity index is 0.000000255. The lowest BCUT2D eigenvalue weighted by molar-refractivity contribution is 1.51. The fourth-order valence-corrected chi connectivity index (χ4v) is 0.716. The minimum absolute atomic E-state index is 1.16. The molecule has 14 heavy (non-hydrogen) atoms. The Morgan fingerprint density at radius 2 is 2.00 bits per heavy atom. The zero-order chi connectivity index (χ0) is 10.6. The minimum Gasteiger partial charge on any atom is -0.388 e. The number of anilines is 1. The van der Waals surface area contributed by atoms with Gasteiger partial charge in [0.1, 0.15) is 0 Å². The fraction of sp³-hybridized carbons (Fsp3) is 0.0833. The van der Waals surface area contributed by atoms with Gasteiger partial charge in [-0.15, -0.1) is 0 Å². The van der Waals surface area contributed by atoms with Gasteiger partial charge in [0.05, 0.1) is 6.07 Å². The monoisotopic (exact) mass is 186 g/mol. The van der Waals surface area contributed by atoms with Crippen molar-refractivity contribution >= 4 is 5.69 Å². The number of nitrogens with zero attached hydrogens (tertiary/aromatic N) is 1. The summed E-state index contributed by atoms with van der Waals surface area (Å²) < 4.78 is 0. The van der Waals surface area contributed by atoms with E-state index in [9.17, 15) is 0 Å². The van der Waals surface area contributed by atoms with Gasteiger partial charge in [-0.25, -0.2) is 0 Å². The predicted octanol–water partition coefficient (Wildman–Crippen LogP) is 2.98. The third kappa shape index (κ3) is 6.68. The van der Waals surface area contributed by atoms with Crippen molar-refractivity contribution in [2.24, 2.45) is 0 Å². The highest BCUT2D eigenvalue weighted by Gasteiger charge is 1.77. The first-order chi connectivity index (χ1) is 6.85. The molecular weight excluding hydrogens is 172 g/mol. The van der Waals surface area contributed by atoms with Crippen LogP contribution in [0.4, 0.5) is 5.69 Å². The van der Waals surface area contributed by atoms with E-state index >= 15 is 0 Å². The second-order valence-corrected chi connectivity index (χ2v) is 2.34. The van der Waals surface area contributed by atoms with Crippen LogP contribution in [0.3, 0.4) is 0 Å². The van der Waals surface area contributed by atoms with E-state index in [1.807, 2.05) is 43.4 Å². The molecule has 2 nitrogen and oxygen atoms in total. The summed E-state index contributed by atoms with van der Waals surface area (Å²) in [4.78, 5) is 0. The lowest BCUT2D eigenvalue weighted by Gasteiger charge is -1.94. The number of benzene rings is 1. The summed E-state index contributed by atoms with van der Waals surface area (Å²) in [6.45, 7) is 3.36. The Morgan fingerprint density at radius 1 is 1.36 bits per heavy atom. The molecule has 0 aliphatic heterocycles. The molecule has 0 bridgehead atoms. The van der Waals surface area contributed by atoms with E-state index in [-0.39, 0.29) is 0 Å². The SMILES string of the molecule is C=CC=CC#N.CNc1ccccc1. The van der Waals surface area contributed by atoms with Crippen LogP contribution in [-0.2, 0) is 0 Å².